The predicted molar refractivity (Wildman–Crippen MR) is 97.8 cm³/mol. The average Bonchev–Trinajstić information content (AvgIpc) is 3.24. The zero-order valence-electron chi connectivity index (χ0n) is 14.9. The Morgan fingerprint density at radius 2 is 1.89 bits per heavy atom. The van der Waals surface area contributed by atoms with E-state index in [1.54, 1.807) is 17.3 Å². The van der Waals surface area contributed by atoms with Gasteiger partial charge in [-0.3, -0.25) is 14.7 Å². The molecule has 2 aromatic heterocycles. The highest BCUT2D eigenvalue weighted by molar-refractivity contribution is 5.90. The lowest BCUT2D eigenvalue weighted by Gasteiger charge is -2.33. The lowest BCUT2D eigenvalue weighted by atomic mass is 10.1. The summed E-state index contributed by atoms with van der Waals surface area (Å²) in [5.41, 5.74) is 1.81. The highest BCUT2D eigenvalue weighted by Crippen LogP contribution is 2.13. The molecule has 1 saturated heterocycles. The molecule has 1 aromatic carbocycles. The van der Waals surface area contributed by atoms with E-state index in [0.29, 0.717) is 18.8 Å². The van der Waals surface area contributed by atoms with Gasteiger partial charge in [0.1, 0.15) is 5.69 Å². The molecule has 0 saturated carbocycles. The van der Waals surface area contributed by atoms with Crippen LogP contribution >= 0.6 is 0 Å². The van der Waals surface area contributed by atoms with Crippen LogP contribution in [0.2, 0.25) is 0 Å². The monoisotopic (exact) mass is 364 g/mol. The number of nitrogens with zero attached hydrogens (tertiary/aromatic N) is 6. The van der Waals surface area contributed by atoms with E-state index in [1.165, 1.54) is 11.8 Å². The van der Waals surface area contributed by atoms with Crippen LogP contribution in [0.3, 0.4) is 0 Å². The van der Waals surface area contributed by atoms with Crippen molar-refractivity contribution in [3.63, 3.8) is 0 Å². The number of rotatable bonds is 5. The number of amides is 1. The first kappa shape index (κ1) is 17.3. The summed E-state index contributed by atoms with van der Waals surface area (Å²) in [6.45, 7) is 3.96. The Morgan fingerprint density at radius 1 is 1.07 bits per heavy atom. The van der Waals surface area contributed by atoms with Gasteiger partial charge in [0.15, 0.2) is 0 Å². The summed E-state index contributed by atoms with van der Waals surface area (Å²) in [7, 11) is 0. The molecule has 0 aliphatic carbocycles. The molecule has 0 radical (unpaired) electrons. The molecule has 0 atom stereocenters. The van der Waals surface area contributed by atoms with Gasteiger partial charge in [-0.15, -0.1) is 0 Å². The molecular formula is C19H20N6O2. The topological polar surface area (TPSA) is 88.2 Å². The van der Waals surface area contributed by atoms with Crippen LogP contribution in [0.25, 0.3) is 11.5 Å². The van der Waals surface area contributed by atoms with Crippen molar-refractivity contribution in [2.45, 2.75) is 6.42 Å². The molecule has 8 nitrogen and oxygen atoms in total. The summed E-state index contributed by atoms with van der Waals surface area (Å²) >= 11 is 0. The van der Waals surface area contributed by atoms with Gasteiger partial charge >= 0.3 is 11.8 Å². The second kappa shape index (κ2) is 8.05. The SMILES string of the molecule is O=C(c1nc(-c2cnccn2)no1)N1CCN(CCc2ccccc2)CC1. The summed E-state index contributed by atoms with van der Waals surface area (Å²) in [6, 6.07) is 10.4. The van der Waals surface area contributed by atoms with Crippen LogP contribution < -0.4 is 0 Å². The molecule has 1 fully saturated rings. The minimum absolute atomic E-state index is 0.00612. The lowest BCUT2D eigenvalue weighted by Crippen LogP contribution is -2.49. The highest BCUT2D eigenvalue weighted by atomic mass is 16.5. The van der Waals surface area contributed by atoms with Crippen LogP contribution in [-0.2, 0) is 6.42 Å². The third-order valence-electron chi connectivity index (χ3n) is 4.62. The minimum atomic E-state index is -0.236. The van der Waals surface area contributed by atoms with Crippen molar-refractivity contribution in [3.8, 4) is 11.5 Å². The summed E-state index contributed by atoms with van der Waals surface area (Å²) < 4.78 is 5.13. The van der Waals surface area contributed by atoms with Crippen molar-refractivity contribution < 1.29 is 9.32 Å². The number of hydrogen-bond donors (Lipinski definition) is 0. The molecule has 1 amide bonds. The third kappa shape index (κ3) is 4.17. The Morgan fingerprint density at radius 3 is 2.63 bits per heavy atom. The normalized spacial score (nSPS) is 15.0. The molecule has 0 bridgehead atoms. The number of benzene rings is 1. The van der Waals surface area contributed by atoms with Gasteiger partial charge in [-0.25, -0.2) is 4.98 Å². The zero-order valence-corrected chi connectivity index (χ0v) is 14.9. The van der Waals surface area contributed by atoms with Crippen LogP contribution in [0.15, 0.2) is 53.4 Å². The summed E-state index contributed by atoms with van der Waals surface area (Å²) in [6.07, 6.45) is 5.65. The Kier molecular flexibility index (Phi) is 5.15. The maximum Gasteiger partial charge on any atom is 0.316 e. The maximum absolute atomic E-state index is 12.6. The second-order valence-electron chi connectivity index (χ2n) is 6.38. The Labute approximate surface area is 156 Å². The zero-order chi connectivity index (χ0) is 18.5. The van der Waals surface area contributed by atoms with E-state index < -0.39 is 0 Å². The molecule has 8 heteroatoms. The van der Waals surface area contributed by atoms with E-state index in [-0.39, 0.29) is 17.6 Å². The standard InChI is InChI=1S/C19H20N6O2/c26-19(18-22-17(23-27-18)16-14-20-7-8-21-16)25-12-10-24(11-13-25)9-6-15-4-2-1-3-5-15/h1-5,7-8,14H,6,9-13H2. The first-order valence-electron chi connectivity index (χ1n) is 8.95. The highest BCUT2D eigenvalue weighted by Gasteiger charge is 2.26. The molecule has 0 spiro atoms. The first-order valence-corrected chi connectivity index (χ1v) is 8.95. The second-order valence-corrected chi connectivity index (χ2v) is 6.38. The van der Waals surface area contributed by atoms with Crippen molar-refractivity contribution in [3.05, 3.63) is 60.4 Å². The molecular weight excluding hydrogens is 344 g/mol. The maximum atomic E-state index is 12.6. The molecule has 138 valence electrons. The predicted octanol–water partition coefficient (Wildman–Crippen LogP) is 1.53. The fourth-order valence-corrected chi connectivity index (χ4v) is 3.07. The van der Waals surface area contributed by atoms with Crippen LogP contribution in [-0.4, -0.2) is 68.5 Å². The number of carbonyl (C=O) groups excluding carboxylic acids is 1. The number of hydrogen-bond acceptors (Lipinski definition) is 7. The van der Waals surface area contributed by atoms with Gasteiger partial charge in [-0.05, 0) is 12.0 Å². The number of piperazine rings is 1. The minimum Gasteiger partial charge on any atom is -0.332 e. The molecule has 0 N–H and O–H groups in total. The van der Waals surface area contributed by atoms with Crippen LogP contribution in [0, 0.1) is 0 Å². The van der Waals surface area contributed by atoms with Gasteiger partial charge in [0.25, 0.3) is 0 Å². The summed E-state index contributed by atoms with van der Waals surface area (Å²) in [5.74, 6) is 0.0293. The fraction of sp³-hybridized carbons (Fsp3) is 0.316. The summed E-state index contributed by atoms with van der Waals surface area (Å²) in [4.78, 5) is 29.0. The third-order valence-corrected chi connectivity index (χ3v) is 4.62. The van der Waals surface area contributed by atoms with Crippen LogP contribution in [0.5, 0.6) is 0 Å². The molecule has 3 aromatic rings. The van der Waals surface area contributed by atoms with Crippen LogP contribution in [0.4, 0.5) is 0 Å². The Bertz CT molecular complexity index is 875. The van der Waals surface area contributed by atoms with Gasteiger partial charge < -0.3 is 9.42 Å². The molecule has 27 heavy (non-hydrogen) atoms. The quantitative estimate of drug-likeness (QED) is 0.678. The van der Waals surface area contributed by atoms with E-state index in [9.17, 15) is 4.79 Å². The summed E-state index contributed by atoms with van der Waals surface area (Å²) in [5, 5.41) is 3.83. The van der Waals surface area contributed by atoms with Gasteiger partial charge in [0, 0.05) is 45.1 Å². The van der Waals surface area contributed by atoms with Crippen molar-refractivity contribution in [2.75, 3.05) is 32.7 Å². The van der Waals surface area contributed by atoms with E-state index >= 15 is 0 Å². The molecule has 1 aliphatic heterocycles. The van der Waals surface area contributed by atoms with Gasteiger partial charge in [0.05, 0.1) is 6.20 Å². The van der Waals surface area contributed by atoms with E-state index in [2.05, 4.69) is 49.3 Å². The van der Waals surface area contributed by atoms with E-state index in [0.717, 1.165) is 26.1 Å². The number of carbonyl (C=O) groups is 1. The molecule has 4 rings (SSSR count). The van der Waals surface area contributed by atoms with Crippen molar-refractivity contribution in [1.29, 1.82) is 0 Å². The van der Waals surface area contributed by atoms with Gasteiger partial charge in [-0.2, -0.15) is 4.98 Å². The molecule has 1 aliphatic rings. The van der Waals surface area contributed by atoms with E-state index in [1.807, 2.05) is 6.07 Å². The smallest absolute Gasteiger partial charge is 0.316 e. The molecule has 3 heterocycles. The number of aromatic nitrogens is 4. The lowest BCUT2D eigenvalue weighted by molar-refractivity contribution is 0.0590. The average molecular weight is 364 g/mol. The van der Waals surface area contributed by atoms with Crippen molar-refractivity contribution in [1.82, 2.24) is 29.9 Å². The molecule has 0 unspecified atom stereocenters. The Balaban J connectivity index is 1.30. The first-order chi connectivity index (χ1) is 13.3. The van der Waals surface area contributed by atoms with Gasteiger partial charge in [0.2, 0.25) is 5.82 Å². The largest absolute Gasteiger partial charge is 0.332 e. The van der Waals surface area contributed by atoms with Crippen molar-refractivity contribution in [2.24, 2.45) is 0 Å². The van der Waals surface area contributed by atoms with Gasteiger partial charge in [-0.1, -0.05) is 35.5 Å². The van der Waals surface area contributed by atoms with Crippen LogP contribution in [0.1, 0.15) is 16.2 Å². The fourth-order valence-electron chi connectivity index (χ4n) is 3.07. The van der Waals surface area contributed by atoms with E-state index in [4.69, 9.17) is 4.52 Å². The Hall–Kier alpha value is -3.13. The van der Waals surface area contributed by atoms with Crippen molar-refractivity contribution >= 4 is 5.91 Å².